The van der Waals surface area contributed by atoms with Crippen LogP contribution in [0.2, 0.25) is 0 Å². The Labute approximate surface area is 196 Å². The molecule has 0 aliphatic rings. The SMILES string of the molecule is CC(c1ccc(C(F)(F)F)cc1C(F)(F)F)n1cc(NC(=O)c2nnc(-c3cnccn3)s2)cn1. The first kappa shape index (κ1) is 24.3. The zero-order valence-corrected chi connectivity index (χ0v) is 18.3. The van der Waals surface area contributed by atoms with Gasteiger partial charge in [-0.2, -0.15) is 31.4 Å². The molecule has 0 saturated heterocycles. The van der Waals surface area contributed by atoms with Crippen molar-refractivity contribution in [2.75, 3.05) is 5.32 Å². The standard InChI is InChI=1S/C20H13F6N7OS/c1-10(13-3-2-11(19(21,22)23)6-14(13)20(24,25)26)33-9-12(7-29-33)30-16(34)18-32-31-17(35-18)15-8-27-4-5-28-15/h2-10H,1H3,(H,30,34). The van der Waals surface area contributed by atoms with E-state index in [1.807, 2.05) is 0 Å². The lowest BCUT2D eigenvalue weighted by Gasteiger charge is -2.20. The quantitative estimate of drug-likeness (QED) is 0.374. The summed E-state index contributed by atoms with van der Waals surface area (Å²) in [6.45, 7) is 1.34. The van der Waals surface area contributed by atoms with Gasteiger partial charge in [-0.15, -0.1) is 10.2 Å². The Morgan fingerprint density at radius 3 is 2.49 bits per heavy atom. The fourth-order valence-corrected chi connectivity index (χ4v) is 3.81. The number of carbonyl (C=O) groups excluding carboxylic acids is 1. The summed E-state index contributed by atoms with van der Waals surface area (Å²) in [6.07, 6.45) is -3.13. The van der Waals surface area contributed by atoms with Gasteiger partial charge in [0.05, 0.1) is 35.2 Å². The van der Waals surface area contributed by atoms with E-state index in [0.29, 0.717) is 16.8 Å². The molecule has 0 spiro atoms. The van der Waals surface area contributed by atoms with Gasteiger partial charge in [0.1, 0.15) is 5.69 Å². The highest BCUT2D eigenvalue weighted by atomic mass is 32.1. The highest BCUT2D eigenvalue weighted by Gasteiger charge is 2.39. The van der Waals surface area contributed by atoms with Crippen LogP contribution in [-0.4, -0.2) is 35.9 Å². The molecule has 4 aromatic rings. The van der Waals surface area contributed by atoms with Gasteiger partial charge in [0, 0.05) is 18.6 Å². The first-order valence-corrected chi connectivity index (χ1v) is 10.5. The molecular formula is C20H13F6N7OS. The number of carbonyl (C=O) groups is 1. The summed E-state index contributed by atoms with van der Waals surface area (Å²) >= 11 is 0.950. The molecule has 4 rings (SSSR count). The Morgan fingerprint density at radius 2 is 1.83 bits per heavy atom. The van der Waals surface area contributed by atoms with Gasteiger partial charge < -0.3 is 5.32 Å². The van der Waals surface area contributed by atoms with Gasteiger partial charge in [0.15, 0.2) is 5.01 Å². The van der Waals surface area contributed by atoms with Crippen LogP contribution in [0.4, 0.5) is 32.0 Å². The molecule has 1 amide bonds. The van der Waals surface area contributed by atoms with E-state index in [1.54, 1.807) is 0 Å². The average molecular weight is 513 g/mol. The number of amides is 1. The van der Waals surface area contributed by atoms with E-state index in [2.05, 4.69) is 30.6 Å². The summed E-state index contributed by atoms with van der Waals surface area (Å²) in [6, 6.07) is 0.329. The van der Waals surface area contributed by atoms with Crippen molar-refractivity contribution in [3.8, 4) is 10.7 Å². The first-order chi connectivity index (χ1) is 16.4. The maximum absolute atomic E-state index is 13.5. The Balaban J connectivity index is 1.54. The average Bonchev–Trinajstić information content (AvgIpc) is 3.48. The molecule has 1 unspecified atom stereocenters. The Morgan fingerprint density at radius 1 is 1.06 bits per heavy atom. The molecule has 1 N–H and O–H groups in total. The minimum atomic E-state index is -5.02. The minimum absolute atomic E-state index is 0.00597. The fourth-order valence-electron chi connectivity index (χ4n) is 3.11. The molecule has 15 heteroatoms. The van der Waals surface area contributed by atoms with Gasteiger partial charge >= 0.3 is 12.4 Å². The second-order valence-electron chi connectivity index (χ2n) is 7.14. The summed E-state index contributed by atoms with van der Waals surface area (Å²) in [7, 11) is 0. The maximum Gasteiger partial charge on any atom is 0.416 e. The van der Waals surface area contributed by atoms with Crippen molar-refractivity contribution < 1.29 is 31.1 Å². The van der Waals surface area contributed by atoms with Crippen LogP contribution in [-0.2, 0) is 12.4 Å². The van der Waals surface area contributed by atoms with Crippen molar-refractivity contribution in [3.05, 3.63) is 70.9 Å². The molecule has 1 atom stereocenters. The first-order valence-electron chi connectivity index (χ1n) is 9.67. The van der Waals surface area contributed by atoms with Gasteiger partial charge in [0.25, 0.3) is 5.91 Å². The minimum Gasteiger partial charge on any atom is -0.317 e. The van der Waals surface area contributed by atoms with Crippen molar-refractivity contribution in [2.45, 2.75) is 25.3 Å². The van der Waals surface area contributed by atoms with Crippen LogP contribution in [0.15, 0.2) is 49.2 Å². The second kappa shape index (κ2) is 9.05. The predicted octanol–water partition coefficient (Wildman–Crippen LogP) is 5.09. The van der Waals surface area contributed by atoms with Gasteiger partial charge in [-0.1, -0.05) is 17.4 Å². The zero-order valence-electron chi connectivity index (χ0n) is 17.5. The van der Waals surface area contributed by atoms with E-state index < -0.39 is 41.0 Å². The maximum atomic E-state index is 13.5. The lowest BCUT2D eigenvalue weighted by atomic mass is 9.98. The number of anilines is 1. The van der Waals surface area contributed by atoms with E-state index >= 15 is 0 Å². The lowest BCUT2D eigenvalue weighted by molar-refractivity contribution is -0.143. The number of nitrogens with one attached hydrogen (secondary N) is 1. The number of rotatable bonds is 5. The van der Waals surface area contributed by atoms with Crippen LogP contribution in [0, 0.1) is 0 Å². The highest BCUT2D eigenvalue weighted by Crippen LogP contribution is 2.39. The Bertz CT molecular complexity index is 1350. The number of hydrogen-bond acceptors (Lipinski definition) is 7. The fraction of sp³-hybridized carbons (Fsp3) is 0.200. The van der Waals surface area contributed by atoms with E-state index in [0.717, 1.165) is 22.1 Å². The van der Waals surface area contributed by atoms with Crippen LogP contribution >= 0.6 is 11.3 Å². The number of nitrogens with zero attached hydrogens (tertiary/aromatic N) is 6. The summed E-state index contributed by atoms with van der Waals surface area (Å²) < 4.78 is 80.4. The predicted molar refractivity (Wildman–Crippen MR) is 111 cm³/mol. The number of halogens is 6. The lowest BCUT2D eigenvalue weighted by Crippen LogP contribution is -2.17. The van der Waals surface area contributed by atoms with Crippen LogP contribution in [0.1, 0.15) is 39.5 Å². The monoisotopic (exact) mass is 513 g/mol. The summed E-state index contributed by atoms with van der Waals surface area (Å²) in [5, 5.41) is 14.5. The molecule has 0 aliphatic carbocycles. The van der Waals surface area contributed by atoms with Crippen LogP contribution in [0.25, 0.3) is 10.7 Å². The molecule has 0 bridgehead atoms. The second-order valence-corrected chi connectivity index (χ2v) is 8.12. The largest absolute Gasteiger partial charge is 0.416 e. The van der Waals surface area contributed by atoms with E-state index in [-0.39, 0.29) is 16.8 Å². The molecule has 0 saturated carbocycles. The molecule has 0 radical (unpaired) electrons. The van der Waals surface area contributed by atoms with Gasteiger partial charge in [0.2, 0.25) is 5.01 Å². The smallest absolute Gasteiger partial charge is 0.317 e. The van der Waals surface area contributed by atoms with Crippen LogP contribution < -0.4 is 5.32 Å². The van der Waals surface area contributed by atoms with Crippen molar-refractivity contribution in [2.24, 2.45) is 0 Å². The normalized spacial score (nSPS) is 13.0. The third-order valence-corrected chi connectivity index (χ3v) is 5.74. The summed E-state index contributed by atoms with van der Waals surface area (Å²) in [5.41, 5.74) is -2.69. The summed E-state index contributed by atoms with van der Waals surface area (Å²) in [5.74, 6) is -0.643. The Kier molecular flexibility index (Phi) is 6.27. The molecule has 1 aromatic carbocycles. The van der Waals surface area contributed by atoms with E-state index in [4.69, 9.17) is 0 Å². The van der Waals surface area contributed by atoms with Crippen molar-refractivity contribution >= 4 is 22.9 Å². The van der Waals surface area contributed by atoms with Crippen LogP contribution in [0.3, 0.4) is 0 Å². The Hall–Kier alpha value is -3.88. The third kappa shape index (κ3) is 5.29. The molecule has 8 nitrogen and oxygen atoms in total. The number of aromatic nitrogens is 6. The number of benzene rings is 1. The van der Waals surface area contributed by atoms with Crippen molar-refractivity contribution in [3.63, 3.8) is 0 Å². The number of alkyl halides is 6. The topological polar surface area (TPSA) is 98.5 Å². The molecule has 182 valence electrons. The van der Waals surface area contributed by atoms with Crippen LogP contribution in [0.5, 0.6) is 0 Å². The highest BCUT2D eigenvalue weighted by molar-refractivity contribution is 7.16. The van der Waals surface area contributed by atoms with Crippen molar-refractivity contribution in [1.29, 1.82) is 0 Å². The summed E-state index contributed by atoms with van der Waals surface area (Å²) in [4.78, 5) is 20.5. The van der Waals surface area contributed by atoms with Crippen molar-refractivity contribution in [1.82, 2.24) is 29.9 Å². The number of hydrogen-bond donors (Lipinski definition) is 1. The molecule has 0 aliphatic heterocycles. The van der Waals surface area contributed by atoms with Gasteiger partial charge in [-0.05, 0) is 24.6 Å². The van der Waals surface area contributed by atoms with E-state index in [1.165, 1.54) is 37.9 Å². The zero-order chi connectivity index (χ0) is 25.4. The van der Waals surface area contributed by atoms with E-state index in [9.17, 15) is 31.1 Å². The molecule has 3 heterocycles. The van der Waals surface area contributed by atoms with Gasteiger partial charge in [-0.25, -0.2) is 0 Å². The molecule has 3 aromatic heterocycles. The van der Waals surface area contributed by atoms with Gasteiger partial charge in [-0.3, -0.25) is 19.4 Å². The molecular weight excluding hydrogens is 500 g/mol. The molecule has 0 fully saturated rings. The third-order valence-electron chi connectivity index (χ3n) is 4.79. The molecule has 35 heavy (non-hydrogen) atoms.